The van der Waals surface area contributed by atoms with Gasteiger partial charge < -0.3 is 4.42 Å². The summed E-state index contributed by atoms with van der Waals surface area (Å²) < 4.78 is 8.94. The number of hydrogen-bond donors (Lipinski definition) is 0. The first-order chi connectivity index (χ1) is 26.0. The third kappa shape index (κ3) is 4.51. The highest BCUT2D eigenvalue weighted by Gasteiger charge is 2.35. The van der Waals surface area contributed by atoms with Crippen LogP contribution in [0.1, 0.15) is 25.0 Å². The van der Waals surface area contributed by atoms with Crippen molar-refractivity contribution in [2.45, 2.75) is 19.3 Å². The lowest BCUT2D eigenvalue weighted by Crippen LogP contribution is -2.15. The fourth-order valence-corrected chi connectivity index (χ4v) is 9.64. The van der Waals surface area contributed by atoms with Gasteiger partial charge in [0.1, 0.15) is 11.2 Å². The Morgan fingerprint density at radius 3 is 1.91 bits per heavy atom. The summed E-state index contributed by atoms with van der Waals surface area (Å²) >= 11 is 1.79. The lowest BCUT2D eigenvalue weighted by atomic mass is 9.82. The number of rotatable bonds is 4. The zero-order valence-corrected chi connectivity index (χ0v) is 29.9. The number of fused-ring (bicyclic) bond motifs is 9. The van der Waals surface area contributed by atoms with Crippen LogP contribution in [-0.2, 0) is 5.41 Å². The van der Waals surface area contributed by atoms with Gasteiger partial charge in [-0.1, -0.05) is 135 Å². The van der Waals surface area contributed by atoms with Gasteiger partial charge in [-0.05, 0) is 63.7 Å². The lowest BCUT2D eigenvalue weighted by molar-refractivity contribution is 0.660. The molecule has 0 saturated carbocycles. The molecule has 0 saturated heterocycles. The van der Waals surface area contributed by atoms with Gasteiger partial charge in [-0.2, -0.15) is 0 Å². The second kappa shape index (κ2) is 11.3. The zero-order valence-electron chi connectivity index (χ0n) is 29.1. The van der Waals surface area contributed by atoms with Gasteiger partial charge in [-0.3, -0.25) is 0 Å². The molecule has 0 atom stereocenters. The molecular formula is C48H31N3OS. The Hall–Kier alpha value is -6.43. The maximum Gasteiger partial charge on any atom is 0.165 e. The van der Waals surface area contributed by atoms with E-state index < -0.39 is 0 Å². The third-order valence-electron chi connectivity index (χ3n) is 11.0. The Bertz CT molecular complexity index is 3100. The number of benzene rings is 7. The highest BCUT2D eigenvalue weighted by Crippen LogP contribution is 2.50. The van der Waals surface area contributed by atoms with Crippen molar-refractivity contribution >= 4 is 53.4 Å². The van der Waals surface area contributed by atoms with Crippen molar-refractivity contribution in [3.63, 3.8) is 0 Å². The van der Waals surface area contributed by atoms with E-state index in [0.717, 1.165) is 49.8 Å². The van der Waals surface area contributed by atoms with E-state index in [-0.39, 0.29) is 5.41 Å². The summed E-state index contributed by atoms with van der Waals surface area (Å²) in [7, 11) is 0. The fraction of sp³-hybridized carbons (Fsp3) is 0.0625. The summed E-state index contributed by atoms with van der Waals surface area (Å²) in [4.78, 5) is 16.0. The Morgan fingerprint density at radius 2 is 1.06 bits per heavy atom. The molecule has 0 radical (unpaired) electrons. The van der Waals surface area contributed by atoms with Crippen molar-refractivity contribution in [1.82, 2.24) is 15.0 Å². The number of thiophene rings is 1. The first-order valence-electron chi connectivity index (χ1n) is 17.9. The smallest absolute Gasteiger partial charge is 0.165 e. The summed E-state index contributed by atoms with van der Waals surface area (Å²) in [5.74, 6) is 1.91. The first kappa shape index (κ1) is 30.2. The molecule has 4 nitrogen and oxygen atoms in total. The van der Waals surface area contributed by atoms with Gasteiger partial charge in [0.25, 0.3) is 0 Å². The van der Waals surface area contributed by atoms with Crippen LogP contribution in [-0.4, -0.2) is 15.0 Å². The van der Waals surface area contributed by atoms with Crippen LogP contribution in [0, 0.1) is 0 Å². The largest absolute Gasteiger partial charge is 0.456 e. The molecule has 53 heavy (non-hydrogen) atoms. The van der Waals surface area contributed by atoms with Crippen molar-refractivity contribution in [3.05, 3.63) is 163 Å². The molecule has 3 heterocycles. The minimum atomic E-state index is -0.154. The Kier molecular flexibility index (Phi) is 6.43. The SMILES string of the molecule is CC1(C)c2ccccc2-c2ccc(-c3nc(-c4cccc5c4sc4ccccc45)nc(-c4cccc5oc6cccc(-c7ccccc7)c6c45)n3)cc21. The van der Waals surface area contributed by atoms with Crippen LogP contribution in [0.4, 0.5) is 0 Å². The normalized spacial score (nSPS) is 13.2. The molecule has 0 aliphatic heterocycles. The maximum absolute atomic E-state index is 6.53. The van der Waals surface area contributed by atoms with Crippen LogP contribution in [0.2, 0.25) is 0 Å². The molecule has 0 fully saturated rings. The highest BCUT2D eigenvalue weighted by atomic mass is 32.1. The van der Waals surface area contributed by atoms with E-state index in [0.29, 0.717) is 17.5 Å². The molecule has 7 aromatic carbocycles. The van der Waals surface area contributed by atoms with Gasteiger partial charge in [0.2, 0.25) is 0 Å². The average Bonchev–Trinajstić information content (AvgIpc) is 3.86. The van der Waals surface area contributed by atoms with Crippen LogP contribution in [0.25, 0.3) is 98.5 Å². The van der Waals surface area contributed by atoms with E-state index in [1.807, 2.05) is 24.3 Å². The van der Waals surface area contributed by atoms with Crippen molar-refractivity contribution in [2.75, 3.05) is 0 Å². The molecule has 0 bridgehead atoms. The minimum Gasteiger partial charge on any atom is -0.456 e. The van der Waals surface area contributed by atoms with Crippen LogP contribution < -0.4 is 0 Å². The van der Waals surface area contributed by atoms with Crippen LogP contribution in [0.15, 0.2) is 156 Å². The first-order valence-corrected chi connectivity index (χ1v) is 18.8. The standard InChI is InChI=1S/C48H31N3OS/c1-48(2)37-21-8-6-15-31(37)32-26-25-29(27-38(32)48)45-49-46(51-47(50-45)36-20-10-18-34-33-16-7-9-24-41(33)53-44(34)36)35-19-12-23-40-43(35)42-30(17-11-22-39(42)52-40)28-13-4-3-5-14-28/h3-27H,1-2H3. The van der Waals surface area contributed by atoms with Gasteiger partial charge in [-0.25, -0.2) is 15.0 Å². The van der Waals surface area contributed by atoms with Gasteiger partial charge in [0.15, 0.2) is 17.5 Å². The van der Waals surface area contributed by atoms with Gasteiger partial charge in [-0.15, -0.1) is 11.3 Å². The molecular weight excluding hydrogens is 667 g/mol. The lowest BCUT2D eigenvalue weighted by Gasteiger charge is -2.21. The Labute approximate surface area is 310 Å². The minimum absolute atomic E-state index is 0.154. The van der Waals surface area contributed by atoms with Crippen molar-refractivity contribution in [3.8, 4) is 56.4 Å². The molecule has 250 valence electrons. The molecule has 0 N–H and O–H groups in total. The second-order valence-corrected chi connectivity index (χ2v) is 15.4. The summed E-state index contributed by atoms with van der Waals surface area (Å²) in [5, 5.41) is 4.50. The van der Waals surface area contributed by atoms with Crippen LogP contribution in [0.5, 0.6) is 0 Å². The molecule has 10 aromatic rings. The number of hydrogen-bond acceptors (Lipinski definition) is 5. The summed E-state index contributed by atoms with van der Waals surface area (Å²) in [6.45, 7) is 4.62. The molecule has 1 aliphatic carbocycles. The average molecular weight is 698 g/mol. The van der Waals surface area contributed by atoms with Crippen LogP contribution >= 0.6 is 11.3 Å². The zero-order chi connectivity index (χ0) is 35.3. The second-order valence-electron chi connectivity index (χ2n) is 14.3. The molecule has 5 heteroatoms. The number of furan rings is 1. The molecule has 0 unspecified atom stereocenters. The summed E-state index contributed by atoms with van der Waals surface area (Å²) in [6, 6.07) is 53.4. The number of nitrogens with zero attached hydrogens (tertiary/aromatic N) is 3. The molecule has 1 aliphatic rings. The van der Waals surface area contributed by atoms with E-state index in [9.17, 15) is 0 Å². The molecule has 0 spiro atoms. The molecule has 3 aromatic heterocycles. The van der Waals surface area contributed by atoms with Gasteiger partial charge >= 0.3 is 0 Å². The number of aromatic nitrogens is 3. The monoisotopic (exact) mass is 697 g/mol. The molecule has 0 amide bonds. The highest BCUT2D eigenvalue weighted by molar-refractivity contribution is 7.26. The summed E-state index contributed by atoms with van der Waals surface area (Å²) in [6.07, 6.45) is 0. The van der Waals surface area contributed by atoms with E-state index in [2.05, 4.69) is 141 Å². The summed E-state index contributed by atoms with van der Waals surface area (Å²) in [5.41, 5.74) is 11.8. The topological polar surface area (TPSA) is 51.8 Å². The predicted octanol–water partition coefficient (Wildman–Crippen LogP) is 13.1. The Morgan fingerprint density at radius 1 is 0.453 bits per heavy atom. The fourth-order valence-electron chi connectivity index (χ4n) is 8.42. The van der Waals surface area contributed by atoms with Gasteiger partial charge in [0, 0.05) is 53.1 Å². The van der Waals surface area contributed by atoms with E-state index >= 15 is 0 Å². The van der Waals surface area contributed by atoms with E-state index in [1.165, 1.54) is 42.4 Å². The maximum atomic E-state index is 6.53. The van der Waals surface area contributed by atoms with E-state index in [4.69, 9.17) is 19.4 Å². The van der Waals surface area contributed by atoms with Crippen LogP contribution in [0.3, 0.4) is 0 Å². The van der Waals surface area contributed by atoms with E-state index in [1.54, 1.807) is 11.3 Å². The third-order valence-corrected chi connectivity index (χ3v) is 12.2. The quantitative estimate of drug-likeness (QED) is 0.184. The Balaban J connectivity index is 1.19. The van der Waals surface area contributed by atoms with Crippen molar-refractivity contribution in [1.29, 1.82) is 0 Å². The molecule has 11 rings (SSSR count). The predicted molar refractivity (Wildman–Crippen MR) is 219 cm³/mol. The van der Waals surface area contributed by atoms with Crippen molar-refractivity contribution < 1.29 is 4.42 Å². The van der Waals surface area contributed by atoms with Gasteiger partial charge in [0.05, 0.1) is 0 Å². The van der Waals surface area contributed by atoms with Crippen molar-refractivity contribution in [2.24, 2.45) is 0 Å².